The van der Waals surface area contributed by atoms with Crippen molar-refractivity contribution in [3.63, 3.8) is 0 Å². The van der Waals surface area contributed by atoms with Gasteiger partial charge in [-0.2, -0.15) is 0 Å². The molecular formula is C11H15BrN2O3. The molecule has 0 unspecified atom stereocenters. The van der Waals surface area contributed by atoms with Gasteiger partial charge in [0, 0.05) is 29.3 Å². The van der Waals surface area contributed by atoms with Crippen LogP contribution in [0.15, 0.2) is 22.7 Å². The summed E-state index contributed by atoms with van der Waals surface area (Å²) in [5, 5.41) is 22.5. The summed E-state index contributed by atoms with van der Waals surface area (Å²) in [5.74, 6) is 0. The van der Waals surface area contributed by atoms with Gasteiger partial charge in [0.1, 0.15) is 0 Å². The molecule has 0 spiro atoms. The molecule has 0 fully saturated rings. The van der Waals surface area contributed by atoms with Gasteiger partial charge in [0.2, 0.25) is 0 Å². The molecule has 2 N–H and O–H groups in total. The minimum atomic E-state index is -0.378. The fourth-order valence-corrected chi connectivity index (χ4v) is 1.87. The average molecular weight is 303 g/mol. The molecule has 1 aromatic carbocycles. The molecule has 0 radical (unpaired) electrons. The molecule has 0 aromatic heterocycles. The molecule has 17 heavy (non-hydrogen) atoms. The summed E-state index contributed by atoms with van der Waals surface area (Å²) in [6.07, 6.45) is 1.60. The Morgan fingerprint density at radius 3 is 2.82 bits per heavy atom. The van der Waals surface area contributed by atoms with Gasteiger partial charge in [-0.15, -0.1) is 0 Å². The maximum atomic E-state index is 10.8. The molecule has 0 saturated heterocycles. The third-order valence-corrected chi connectivity index (χ3v) is 2.81. The summed E-state index contributed by atoms with van der Waals surface area (Å²) in [5.41, 5.74) is 0.788. The molecule has 1 rings (SSSR count). The number of nitrogens with zero attached hydrogens (tertiary/aromatic N) is 1. The van der Waals surface area contributed by atoms with Crippen LogP contribution in [0, 0.1) is 10.1 Å². The van der Waals surface area contributed by atoms with Crippen molar-refractivity contribution in [2.24, 2.45) is 0 Å². The third-order valence-electron chi connectivity index (χ3n) is 2.32. The standard InChI is InChI=1S/C11H15BrN2O3/c12-10-3-4-11(14(16)17)9(7-10)8-13-5-1-2-6-15/h3-4,7,13,15H,1-2,5-6,8H2. The topological polar surface area (TPSA) is 75.4 Å². The molecule has 6 heteroatoms. The first-order valence-corrected chi connectivity index (χ1v) is 6.19. The maximum absolute atomic E-state index is 10.8. The fraction of sp³-hybridized carbons (Fsp3) is 0.455. The molecule has 0 atom stereocenters. The van der Waals surface area contributed by atoms with Gasteiger partial charge in [-0.25, -0.2) is 0 Å². The maximum Gasteiger partial charge on any atom is 0.273 e. The number of nitro benzene ring substituents is 1. The van der Waals surface area contributed by atoms with Crippen LogP contribution in [0.5, 0.6) is 0 Å². The van der Waals surface area contributed by atoms with E-state index in [1.165, 1.54) is 6.07 Å². The summed E-state index contributed by atoms with van der Waals surface area (Å²) in [7, 11) is 0. The highest BCUT2D eigenvalue weighted by molar-refractivity contribution is 9.10. The Labute approximate surface area is 108 Å². The number of benzene rings is 1. The molecule has 0 aliphatic rings. The first-order valence-electron chi connectivity index (χ1n) is 5.39. The normalized spacial score (nSPS) is 10.5. The van der Waals surface area contributed by atoms with Gasteiger partial charge >= 0.3 is 0 Å². The van der Waals surface area contributed by atoms with E-state index in [0.29, 0.717) is 12.1 Å². The molecule has 0 aliphatic carbocycles. The van der Waals surface area contributed by atoms with Crippen LogP contribution in [0.4, 0.5) is 5.69 Å². The second kappa shape index (κ2) is 7.37. The molecule has 0 aliphatic heterocycles. The predicted octanol–water partition coefficient (Wildman–Crippen LogP) is 2.22. The van der Waals surface area contributed by atoms with E-state index in [-0.39, 0.29) is 17.2 Å². The first-order chi connectivity index (χ1) is 8.15. The number of hydrogen-bond acceptors (Lipinski definition) is 4. The molecule has 94 valence electrons. The van der Waals surface area contributed by atoms with Crippen LogP contribution in [0.25, 0.3) is 0 Å². The SMILES string of the molecule is O=[N+]([O-])c1ccc(Br)cc1CNCCCCO. The van der Waals surface area contributed by atoms with Crippen LogP contribution in [0.3, 0.4) is 0 Å². The Balaban J connectivity index is 2.56. The Morgan fingerprint density at radius 2 is 2.18 bits per heavy atom. The van der Waals surface area contributed by atoms with Gasteiger partial charge in [-0.1, -0.05) is 15.9 Å². The smallest absolute Gasteiger partial charge is 0.273 e. The van der Waals surface area contributed by atoms with Gasteiger partial charge in [0.05, 0.1) is 4.92 Å². The predicted molar refractivity (Wildman–Crippen MR) is 68.8 cm³/mol. The largest absolute Gasteiger partial charge is 0.396 e. The van der Waals surface area contributed by atoms with E-state index < -0.39 is 0 Å². The molecule has 0 amide bonds. The van der Waals surface area contributed by atoms with Crippen molar-refractivity contribution in [1.29, 1.82) is 0 Å². The van der Waals surface area contributed by atoms with Crippen molar-refractivity contribution in [3.05, 3.63) is 38.3 Å². The molecule has 0 bridgehead atoms. The van der Waals surface area contributed by atoms with Crippen molar-refractivity contribution in [2.45, 2.75) is 19.4 Å². The van der Waals surface area contributed by atoms with Crippen LogP contribution < -0.4 is 5.32 Å². The van der Waals surface area contributed by atoms with Crippen molar-refractivity contribution < 1.29 is 10.0 Å². The van der Waals surface area contributed by atoms with E-state index in [1.54, 1.807) is 12.1 Å². The van der Waals surface area contributed by atoms with Crippen LogP contribution in [0.2, 0.25) is 0 Å². The van der Waals surface area contributed by atoms with Gasteiger partial charge in [0.25, 0.3) is 5.69 Å². The lowest BCUT2D eigenvalue weighted by Gasteiger charge is -2.05. The summed E-state index contributed by atoms with van der Waals surface area (Å²) in [6, 6.07) is 4.90. The van der Waals surface area contributed by atoms with Crippen LogP contribution in [-0.2, 0) is 6.54 Å². The lowest BCUT2D eigenvalue weighted by Crippen LogP contribution is -2.16. The zero-order valence-corrected chi connectivity index (χ0v) is 10.9. The summed E-state index contributed by atoms with van der Waals surface area (Å²) in [6.45, 7) is 1.38. The van der Waals surface area contributed by atoms with Crippen molar-refractivity contribution in [2.75, 3.05) is 13.2 Å². The summed E-state index contributed by atoms with van der Waals surface area (Å²) >= 11 is 3.30. The number of rotatable bonds is 7. The zero-order valence-electron chi connectivity index (χ0n) is 9.36. The van der Waals surface area contributed by atoms with E-state index in [2.05, 4.69) is 21.2 Å². The highest BCUT2D eigenvalue weighted by Crippen LogP contribution is 2.22. The van der Waals surface area contributed by atoms with Gasteiger partial charge in [-0.3, -0.25) is 10.1 Å². The van der Waals surface area contributed by atoms with E-state index in [9.17, 15) is 10.1 Å². The second-order valence-electron chi connectivity index (χ2n) is 3.64. The minimum Gasteiger partial charge on any atom is -0.396 e. The van der Waals surface area contributed by atoms with E-state index >= 15 is 0 Å². The number of hydrogen-bond donors (Lipinski definition) is 2. The Morgan fingerprint density at radius 1 is 1.41 bits per heavy atom. The summed E-state index contributed by atoms with van der Waals surface area (Å²) < 4.78 is 0.829. The number of nitrogens with one attached hydrogen (secondary N) is 1. The van der Waals surface area contributed by atoms with Gasteiger partial charge < -0.3 is 10.4 Å². The lowest BCUT2D eigenvalue weighted by molar-refractivity contribution is -0.385. The van der Waals surface area contributed by atoms with Crippen LogP contribution in [-0.4, -0.2) is 23.2 Å². The molecular weight excluding hydrogens is 288 g/mol. The quantitative estimate of drug-likeness (QED) is 0.460. The number of unbranched alkanes of at least 4 members (excludes halogenated alkanes) is 1. The molecule has 1 aromatic rings. The van der Waals surface area contributed by atoms with E-state index in [0.717, 1.165) is 23.9 Å². The Hall–Kier alpha value is -0.980. The Kier molecular flexibility index (Phi) is 6.10. The minimum absolute atomic E-state index is 0.128. The molecule has 5 nitrogen and oxygen atoms in total. The lowest BCUT2D eigenvalue weighted by atomic mass is 10.2. The zero-order chi connectivity index (χ0) is 12.7. The van der Waals surface area contributed by atoms with Gasteiger partial charge in [-0.05, 0) is 31.5 Å². The number of aliphatic hydroxyl groups excluding tert-OH is 1. The second-order valence-corrected chi connectivity index (χ2v) is 4.55. The first kappa shape index (κ1) is 14.1. The van der Waals surface area contributed by atoms with Crippen molar-refractivity contribution >= 4 is 21.6 Å². The number of halogens is 1. The van der Waals surface area contributed by atoms with Crippen LogP contribution >= 0.6 is 15.9 Å². The van der Waals surface area contributed by atoms with E-state index in [4.69, 9.17) is 5.11 Å². The average Bonchev–Trinajstić information content (AvgIpc) is 2.28. The number of nitro groups is 1. The van der Waals surface area contributed by atoms with Crippen molar-refractivity contribution in [1.82, 2.24) is 5.32 Å². The fourth-order valence-electron chi connectivity index (χ4n) is 1.46. The monoisotopic (exact) mass is 302 g/mol. The highest BCUT2D eigenvalue weighted by Gasteiger charge is 2.12. The third kappa shape index (κ3) is 4.80. The van der Waals surface area contributed by atoms with Crippen LogP contribution in [0.1, 0.15) is 18.4 Å². The highest BCUT2D eigenvalue weighted by atomic mass is 79.9. The number of aliphatic hydroxyl groups is 1. The van der Waals surface area contributed by atoms with Gasteiger partial charge in [0.15, 0.2) is 0 Å². The van der Waals surface area contributed by atoms with Crippen molar-refractivity contribution in [3.8, 4) is 0 Å². The molecule has 0 saturated carbocycles. The summed E-state index contributed by atoms with van der Waals surface area (Å²) in [4.78, 5) is 10.4. The van der Waals surface area contributed by atoms with E-state index in [1.807, 2.05) is 0 Å². The molecule has 0 heterocycles. The Bertz CT molecular complexity index is 385.